The van der Waals surface area contributed by atoms with E-state index in [-0.39, 0.29) is 82.1 Å². The van der Waals surface area contributed by atoms with Gasteiger partial charge in [-0.15, -0.1) is 0 Å². The van der Waals surface area contributed by atoms with Gasteiger partial charge in [-0.1, -0.05) is 41.5 Å². The highest BCUT2D eigenvalue weighted by Crippen LogP contribution is 2.70. The Balaban J connectivity index is 0.000000190. The largest absolute Gasteiger partial charge is 0.469 e. The first-order chi connectivity index (χ1) is 29.4. The first-order valence-corrected chi connectivity index (χ1v) is 25.8. The van der Waals surface area contributed by atoms with Gasteiger partial charge in [-0.25, -0.2) is 0 Å². The fourth-order valence-electron chi connectivity index (χ4n) is 17.9. The fourth-order valence-corrected chi connectivity index (χ4v) is 17.9. The van der Waals surface area contributed by atoms with Crippen LogP contribution in [0.15, 0.2) is 0 Å². The van der Waals surface area contributed by atoms with Crippen LogP contribution in [0.1, 0.15) is 178 Å². The molecule has 10 nitrogen and oxygen atoms in total. The van der Waals surface area contributed by atoms with Gasteiger partial charge >= 0.3 is 11.9 Å². The summed E-state index contributed by atoms with van der Waals surface area (Å²) in [5, 5.41) is 66.4. The zero-order valence-electron chi connectivity index (χ0n) is 40.9. The van der Waals surface area contributed by atoms with Crippen LogP contribution in [-0.2, 0) is 19.1 Å². The van der Waals surface area contributed by atoms with E-state index in [1.807, 2.05) is 20.8 Å². The van der Waals surface area contributed by atoms with Gasteiger partial charge in [0.15, 0.2) is 0 Å². The van der Waals surface area contributed by atoms with E-state index >= 15 is 0 Å². The van der Waals surface area contributed by atoms with Gasteiger partial charge in [0.2, 0.25) is 0 Å². The van der Waals surface area contributed by atoms with Crippen molar-refractivity contribution in [1.82, 2.24) is 0 Å². The number of ether oxygens (including phenoxy) is 2. The van der Waals surface area contributed by atoms with Crippen LogP contribution in [0.2, 0.25) is 0 Å². The van der Waals surface area contributed by atoms with E-state index in [0.29, 0.717) is 72.0 Å². The minimum atomic E-state index is -0.459. The molecular weight excluding hydrogens is 797 g/mol. The van der Waals surface area contributed by atoms with E-state index < -0.39 is 5.60 Å². The summed E-state index contributed by atoms with van der Waals surface area (Å²) in [6.45, 7) is 19.4. The maximum absolute atomic E-state index is 12.3. The lowest BCUT2D eigenvalue weighted by molar-refractivity contribution is -0.207. The molecule has 0 aromatic carbocycles. The number of aliphatic hydroxyl groups is 6. The molecule has 0 radical (unpaired) electrons. The van der Waals surface area contributed by atoms with Gasteiger partial charge in [0.05, 0.1) is 43.7 Å². The van der Waals surface area contributed by atoms with Crippen molar-refractivity contribution in [1.29, 1.82) is 0 Å². The molecule has 8 aliphatic carbocycles. The highest BCUT2D eigenvalue weighted by molar-refractivity contribution is 5.70. The highest BCUT2D eigenvalue weighted by Gasteiger charge is 2.67. The monoisotopic (exact) mass is 887 g/mol. The number of esters is 2. The van der Waals surface area contributed by atoms with Crippen molar-refractivity contribution in [2.75, 3.05) is 7.11 Å². The zero-order valence-corrected chi connectivity index (χ0v) is 40.9. The molecular formula is C53H90O10. The molecule has 0 heterocycles. The number of carbonyl (C=O) groups excluding carboxylic acids is 2. The average Bonchev–Trinajstić information content (AvgIpc) is 3.76. The molecule has 0 aliphatic heterocycles. The molecule has 22 unspecified atom stereocenters. The van der Waals surface area contributed by atoms with Crippen LogP contribution in [0.5, 0.6) is 0 Å². The summed E-state index contributed by atoms with van der Waals surface area (Å²) in [5.41, 5.74) is -0.659. The van der Waals surface area contributed by atoms with E-state index in [0.717, 1.165) is 103 Å². The second-order valence-corrected chi connectivity index (χ2v) is 25.2. The quantitative estimate of drug-likeness (QED) is 0.130. The summed E-state index contributed by atoms with van der Waals surface area (Å²) in [7, 11) is 1.44. The van der Waals surface area contributed by atoms with Crippen molar-refractivity contribution in [3.05, 3.63) is 0 Å². The Morgan fingerprint density at radius 2 is 0.968 bits per heavy atom. The molecule has 8 saturated carbocycles. The Morgan fingerprint density at radius 1 is 0.571 bits per heavy atom. The van der Waals surface area contributed by atoms with Crippen LogP contribution in [0.4, 0.5) is 0 Å². The Kier molecular flexibility index (Phi) is 14.4. The standard InChI is InChI=1S/C28H48O5.C25H42O5/c1-16(7-10-24(32)33-26(2,3)4)19-8-9-20-25-21(15-23(31)28(19,20)6)27(5)12-11-18(29)13-17(27)14-22(25)30;1-14(5-8-22(29)30-4)17-6-7-18-23-19(13-21(28)25(17,18)3)24(2)10-9-16(26)11-15(24)12-20(23)27/h16-23,25,29-31H,7-15H2,1-6H3;14-21,23,26-28H,5-13H2,1-4H3. The third kappa shape index (κ3) is 8.85. The first kappa shape index (κ1) is 49.6. The number of fused-ring (bicyclic) bond motifs is 10. The van der Waals surface area contributed by atoms with Crippen LogP contribution >= 0.6 is 0 Å². The van der Waals surface area contributed by atoms with Gasteiger partial charge in [0.1, 0.15) is 5.60 Å². The van der Waals surface area contributed by atoms with Gasteiger partial charge in [-0.3, -0.25) is 9.59 Å². The van der Waals surface area contributed by atoms with Gasteiger partial charge < -0.3 is 40.1 Å². The SMILES string of the molecule is CC(CCC(=O)OC(C)(C)C)C1CCC2C3C(O)CC4CC(O)CCC4(C)C3CC(O)C12C.COC(=O)CCC(C)C1CCC2C3C(O)CC4CC(O)CCC4(C)C3CC(O)C12C. The molecule has 22 atom stereocenters. The third-order valence-electron chi connectivity index (χ3n) is 21.3. The molecule has 10 heteroatoms. The number of hydrogen-bond donors (Lipinski definition) is 6. The minimum absolute atomic E-state index is 0.103. The fraction of sp³-hybridized carbons (Fsp3) is 0.962. The maximum atomic E-state index is 12.3. The molecule has 0 aromatic rings. The van der Waals surface area contributed by atoms with Gasteiger partial charge in [-0.2, -0.15) is 0 Å². The second kappa shape index (κ2) is 18.3. The maximum Gasteiger partial charge on any atom is 0.306 e. The van der Waals surface area contributed by atoms with Crippen LogP contribution in [0.3, 0.4) is 0 Å². The predicted octanol–water partition coefficient (Wildman–Crippen LogP) is 8.24. The number of methoxy groups -OCH3 is 1. The van der Waals surface area contributed by atoms with Crippen molar-refractivity contribution in [2.45, 2.75) is 220 Å². The van der Waals surface area contributed by atoms with Crippen molar-refractivity contribution in [3.8, 4) is 0 Å². The Hall–Kier alpha value is -1.30. The van der Waals surface area contributed by atoms with Crippen molar-refractivity contribution >= 4 is 11.9 Å². The van der Waals surface area contributed by atoms with Crippen LogP contribution in [0.25, 0.3) is 0 Å². The van der Waals surface area contributed by atoms with Crippen molar-refractivity contribution in [3.63, 3.8) is 0 Å². The molecule has 6 N–H and O–H groups in total. The molecule has 63 heavy (non-hydrogen) atoms. The molecule has 362 valence electrons. The molecule has 0 saturated heterocycles. The summed E-state index contributed by atoms with van der Waals surface area (Å²) < 4.78 is 10.3. The summed E-state index contributed by atoms with van der Waals surface area (Å²) in [6, 6.07) is 0. The predicted molar refractivity (Wildman–Crippen MR) is 243 cm³/mol. The lowest BCUT2D eigenvalue weighted by atomic mass is 9.43. The Bertz CT molecular complexity index is 1610. The van der Waals surface area contributed by atoms with E-state index in [1.165, 1.54) is 7.11 Å². The van der Waals surface area contributed by atoms with E-state index in [2.05, 4.69) is 41.5 Å². The molecule has 8 rings (SSSR count). The van der Waals surface area contributed by atoms with E-state index in [4.69, 9.17) is 9.47 Å². The second-order valence-electron chi connectivity index (χ2n) is 25.2. The average molecular weight is 887 g/mol. The lowest BCUT2D eigenvalue weighted by Gasteiger charge is -2.63. The van der Waals surface area contributed by atoms with Crippen molar-refractivity contribution in [2.24, 2.45) is 92.7 Å². The lowest BCUT2D eigenvalue weighted by Crippen LogP contribution is -2.62. The summed E-state index contributed by atoms with van der Waals surface area (Å²) in [5.74, 6) is 3.57. The number of aliphatic hydroxyl groups excluding tert-OH is 6. The smallest absolute Gasteiger partial charge is 0.306 e. The zero-order chi connectivity index (χ0) is 46.2. The molecule has 0 spiro atoms. The molecule has 0 aromatic heterocycles. The molecule has 8 fully saturated rings. The molecule has 0 amide bonds. The van der Waals surface area contributed by atoms with Crippen molar-refractivity contribution < 1.29 is 49.7 Å². The summed E-state index contributed by atoms with van der Waals surface area (Å²) in [4.78, 5) is 24.0. The van der Waals surface area contributed by atoms with Gasteiger partial charge in [0.25, 0.3) is 0 Å². The third-order valence-corrected chi connectivity index (χ3v) is 21.3. The summed E-state index contributed by atoms with van der Waals surface area (Å²) in [6.07, 6.45) is 13.1. The number of rotatable bonds is 8. The van der Waals surface area contributed by atoms with Crippen LogP contribution < -0.4 is 0 Å². The van der Waals surface area contributed by atoms with E-state index in [9.17, 15) is 40.2 Å². The highest BCUT2D eigenvalue weighted by atomic mass is 16.6. The Labute approximate surface area is 380 Å². The van der Waals surface area contributed by atoms with Crippen LogP contribution in [-0.4, -0.2) is 91.9 Å². The normalized spacial score (nSPS) is 49.8. The summed E-state index contributed by atoms with van der Waals surface area (Å²) >= 11 is 0. The topological polar surface area (TPSA) is 174 Å². The molecule has 8 aliphatic rings. The van der Waals surface area contributed by atoms with Gasteiger partial charge in [0, 0.05) is 12.8 Å². The molecule has 0 bridgehead atoms. The van der Waals surface area contributed by atoms with Crippen LogP contribution in [0, 0.1) is 92.7 Å². The number of carbonyl (C=O) groups is 2. The number of hydrogen-bond acceptors (Lipinski definition) is 10. The van der Waals surface area contributed by atoms with E-state index in [1.54, 1.807) is 0 Å². The van der Waals surface area contributed by atoms with Gasteiger partial charge in [-0.05, 0) is 216 Å². The minimum Gasteiger partial charge on any atom is -0.469 e. The Morgan fingerprint density at radius 3 is 1.35 bits per heavy atom. The first-order valence-electron chi connectivity index (χ1n) is 25.8.